The lowest BCUT2D eigenvalue weighted by Crippen LogP contribution is -2.41. The lowest BCUT2D eigenvalue weighted by molar-refractivity contribution is -0.120. The maximum Gasteiger partial charge on any atom is 0.244 e. The number of para-hydroxylation sites is 2. The molecular weight excluding hydrogens is 514 g/mol. The van der Waals surface area contributed by atoms with Crippen molar-refractivity contribution >= 4 is 42.6 Å². The number of nitrogens with one attached hydrogen (secondary N) is 1. The largest absolute Gasteiger partial charge is 0.436 e. The number of aromatic nitrogens is 1. The third-order valence-electron chi connectivity index (χ3n) is 6.38. The first-order valence-electron chi connectivity index (χ1n) is 11.7. The molecule has 4 aromatic rings. The summed E-state index contributed by atoms with van der Waals surface area (Å²) in [5.41, 5.74) is 2.86. The molecule has 0 spiro atoms. The Balaban J connectivity index is 1.22. The van der Waals surface area contributed by atoms with E-state index in [-0.39, 0.29) is 34.7 Å². The van der Waals surface area contributed by atoms with Crippen LogP contribution in [0.2, 0.25) is 0 Å². The number of nitrogens with zero attached hydrogens (tertiary/aromatic N) is 2. The van der Waals surface area contributed by atoms with Gasteiger partial charge in [-0.05, 0) is 61.4 Å². The maximum atomic E-state index is 13.2. The Bertz CT molecular complexity index is 1640. The maximum absolute atomic E-state index is 13.2. The Morgan fingerprint density at radius 2 is 1.51 bits per heavy atom. The van der Waals surface area contributed by atoms with Crippen LogP contribution in [-0.4, -0.2) is 51.4 Å². The van der Waals surface area contributed by atoms with E-state index >= 15 is 0 Å². The van der Waals surface area contributed by atoms with Gasteiger partial charge in [-0.1, -0.05) is 24.3 Å². The Morgan fingerprint density at radius 3 is 2.16 bits per heavy atom. The zero-order valence-electron chi connectivity index (χ0n) is 20.0. The first kappa shape index (κ1) is 25.1. The number of benzene rings is 3. The van der Waals surface area contributed by atoms with E-state index in [4.69, 9.17) is 4.42 Å². The molecule has 3 aromatic carbocycles. The molecule has 11 heteroatoms. The lowest BCUT2D eigenvalue weighted by Gasteiger charge is -2.31. The molecule has 1 aromatic heterocycles. The summed E-state index contributed by atoms with van der Waals surface area (Å²) >= 11 is 0. The van der Waals surface area contributed by atoms with Crippen LogP contribution in [0, 0.1) is 5.92 Å². The summed E-state index contributed by atoms with van der Waals surface area (Å²) in [6.07, 6.45) is 1.64. The van der Waals surface area contributed by atoms with Gasteiger partial charge in [-0.2, -0.15) is 4.31 Å². The number of carbonyl (C=O) groups excluding carboxylic acids is 1. The van der Waals surface area contributed by atoms with E-state index in [1.165, 1.54) is 28.6 Å². The van der Waals surface area contributed by atoms with Crippen molar-refractivity contribution in [3.05, 3.63) is 72.8 Å². The van der Waals surface area contributed by atoms with Crippen LogP contribution in [0.15, 0.2) is 87.0 Å². The summed E-state index contributed by atoms with van der Waals surface area (Å²) in [5.74, 6) is -0.0679. The first-order valence-corrected chi connectivity index (χ1v) is 15.0. The average Bonchev–Trinajstić information content (AvgIpc) is 3.33. The van der Waals surface area contributed by atoms with E-state index in [9.17, 15) is 21.6 Å². The van der Waals surface area contributed by atoms with Gasteiger partial charge in [0.25, 0.3) is 0 Å². The van der Waals surface area contributed by atoms with Gasteiger partial charge in [-0.3, -0.25) is 4.79 Å². The van der Waals surface area contributed by atoms with Gasteiger partial charge in [0.05, 0.1) is 4.90 Å². The Morgan fingerprint density at radius 1 is 0.892 bits per heavy atom. The van der Waals surface area contributed by atoms with E-state index < -0.39 is 19.9 Å². The number of hydrogen-bond donors (Lipinski definition) is 1. The van der Waals surface area contributed by atoms with Crippen LogP contribution < -0.4 is 5.32 Å². The van der Waals surface area contributed by atoms with Gasteiger partial charge in [0, 0.05) is 36.5 Å². The van der Waals surface area contributed by atoms with Gasteiger partial charge >= 0.3 is 0 Å². The minimum absolute atomic E-state index is 0.120. The van der Waals surface area contributed by atoms with Crippen molar-refractivity contribution in [2.45, 2.75) is 22.6 Å². The molecule has 192 valence electrons. The molecule has 0 aliphatic carbocycles. The molecule has 1 amide bonds. The highest BCUT2D eigenvalue weighted by atomic mass is 32.2. The lowest BCUT2D eigenvalue weighted by atomic mass is 9.97. The molecule has 0 bridgehead atoms. The fourth-order valence-electron chi connectivity index (χ4n) is 4.40. The number of rotatable bonds is 6. The molecule has 1 aliphatic rings. The fourth-order valence-corrected chi connectivity index (χ4v) is 7.47. The molecule has 2 heterocycles. The summed E-state index contributed by atoms with van der Waals surface area (Å²) in [5, 5.41) is 2.89. The molecule has 37 heavy (non-hydrogen) atoms. The molecule has 1 aliphatic heterocycles. The normalized spacial score (nSPS) is 15.6. The third-order valence-corrected chi connectivity index (χ3v) is 9.63. The molecule has 1 saturated heterocycles. The number of hydrogen-bond acceptors (Lipinski definition) is 7. The van der Waals surface area contributed by atoms with E-state index in [1.54, 1.807) is 12.1 Å². The Hall–Kier alpha value is -3.54. The summed E-state index contributed by atoms with van der Waals surface area (Å²) in [7, 11) is -7.74. The van der Waals surface area contributed by atoms with E-state index in [0.717, 1.165) is 17.3 Å². The van der Waals surface area contributed by atoms with Crippen LogP contribution in [-0.2, 0) is 24.7 Å². The van der Waals surface area contributed by atoms with Crippen LogP contribution in [0.5, 0.6) is 0 Å². The minimum atomic E-state index is -4.02. The van der Waals surface area contributed by atoms with Gasteiger partial charge < -0.3 is 9.73 Å². The second-order valence-corrected chi connectivity index (χ2v) is 12.8. The number of oxazole rings is 1. The summed E-state index contributed by atoms with van der Waals surface area (Å²) in [6.45, 7) is 0.240. The van der Waals surface area contributed by atoms with Crippen LogP contribution >= 0.6 is 0 Å². The highest BCUT2D eigenvalue weighted by molar-refractivity contribution is 7.93. The Kier molecular flexibility index (Phi) is 6.61. The number of fused-ring (bicyclic) bond motifs is 1. The number of sulfone groups is 1. The number of piperidine rings is 1. The van der Waals surface area contributed by atoms with Crippen LogP contribution in [0.1, 0.15) is 12.8 Å². The van der Waals surface area contributed by atoms with E-state index in [2.05, 4.69) is 10.3 Å². The zero-order valence-corrected chi connectivity index (χ0v) is 21.6. The van der Waals surface area contributed by atoms with Crippen molar-refractivity contribution in [2.75, 3.05) is 24.7 Å². The molecule has 1 N–H and O–H groups in total. The highest BCUT2D eigenvalue weighted by Gasteiger charge is 2.34. The quantitative estimate of drug-likeness (QED) is 0.393. The van der Waals surface area contributed by atoms with Crippen LogP contribution in [0.3, 0.4) is 0 Å². The summed E-state index contributed by atoms with van der Waals surface area (Å²) in [6, 6.07) is 20.2. The molecule has 5 rings (SSSR count). The highest BCUT2D eigenvalue weighted by Crippen LogP contribution is 2.29. The number of amides is 1. The molecular formula is C26H25N3O6S2. The van der Waals surface area contributed by atoms with Crippen molar-refractivity contribution < 1.29 is 26.0 Å². The van der Waals surface area contributed by atoms with E-state index in [1.807, 2.05) is 36.4 Å². The van der Waals surface area contributed by atoms with Crippen molar-refractivity contribution in [2.24, 2.45) is 5.92 Å². The minimum Gasteiger partial charge on any atom is -0.436 e. The summed E-state index contributed by atoms with van der Waals surface area (Å²) in [4.78, 5) is 16.9. The summed E-state index contributed by atoms with van der Waals surface area (Å²) < 4.78 is 57.6. The van der Waals surface area contributed by atoms with Gasteiger partial charge in [0.2, 0.25) is 21.8 Å². The number of sulfonamides is 1. The second kappa shape index (κ2) is 9.73. The molecule has 9 nitrogen and oxygen atoms in total. The van der Waals surface area contributed by atoms with Gasteiger partial charge in [0.1, 0.15) is 10.4 Å². The molecule has 1 fully saturated rings. The molecule has 0 radical (unpaired) electrons. The monoisotopic (exact) mass is 539 g/mol. The van der Waals surface area contributed by atoms with Crippen molar-refractivity contribution in [3.63, 3.8) is 0 Å². The number of carbonyl (C=O) groups is 1. The third kappa shape index (κ3) is 5.15. The Labute approximate surface area is 215 Å². The molecule has 0 unspecified atom stereocenters. The molecule has 0 atom stereocenters. The van der Waals surface area contributed by atoms with Gasteiger partial charge in [0.15, 0.2) is 15.4 Å². The van der Waals surface area contributed by atoms with Crippen molar-refractivity contribution in [1.29, 1.82) is 0 Å². The predicted octanol–water partition coefficient (Wildman–Crippen LogP) is 3.94. The SMILES string of the molecule is CS(=O)(=O)c1ccccc1S(=O)(=O)N1CCC(C(=O)Nc2ccc(-c3nc4ccccc4o3)cc2)CC1. The second-order valence-electron chi connectivity index (χ2n) is 8.95. The van der Waals surface area contributed by atoms with Crippen molar-refractivity contribution in [3.8, 4) is 11.5 Å². The first-order chi connectivity index (χ1) is 17.6. The van der Waals surface area contributed by atoms with E-state index in [0.29, 0.717) is 30.0 Å². The molecule has 0 saturated carbocycles. The zero-order chi connectivity index (χ0) is 26.2. The fraction of sp³-hybridized carbons (Fsp3) is 0.231. The van der Waals surface area contributed by atoms with Crippen molar-refractivity contribution in [1.82, 2.24) is 9.29 Å². The number of anilines is 1. The smallest absolute Gasteiger partial charge is 0.244 e. The van der Waals surface area contributed by atoms with Crippen LogP contribution in [0.4, 0.5) is 5.69 Å². The standard InChI is InChI=1S/C26H25N3O6S2/c1-36(31,32)23-8-4-5-9-24(23)37(33,34)29-16-14-18(15-17-29)25(30)27-20-12-10-19(11-13-20)26-28-21-6-2-3-7-22(21)35-26/h2-13,18H,14-17H2,1H3,(H,27,30). The average molecular weight is 540 g/mol. The van der Waals surface area contributed by atoms with Crippen LogP contribution in [0.25, 0.3) is 22.6 Å². The predicted molar refractivity (Wildman–Crippen MR) is 139 cm³/mol. The van der Waals surface area contributed by atoms with Gasteiger partial charge in [-0.15, -0.1) is 0 Å². The van der Waals surface area contributed by atoms with Gasteiger partial charge in [-0.25, -0.2) is 21.8 Å². The topological polar surface area (TPSA) is 127 Å².